The molecular weight excluding hydrogens is 280 g/mol. The summed E-state index contributed by atoms with van der Waals surface area (Å²) in [5.74, 6) is 0.505. The summed E-state index contributed by atoms with van der Waals surface area (Å²) in [4.78, 5) is 0. The van der Waals surface area contributed by atoms with Gasteiger partial charge in [0.25, 0.3) is 0 Å². The fourth-order valence-electron chi connectivity index (χ4n) is 2.83. The topological polar surface area (TPSA) is 24.1 Å². The van der Waals surface area contributed by atoms with Gasteiger partial charge in [-0.25, -0.2) is 0 Å². The Labute approximate surface area is 138 Å². The zero-order valence-corrected chi connectivity index (χ0v) is 14.0. The van der Waals surface area contributed by atoms with E-state index in [1.807, 2.05) is 0 Å². The van der Waals surface area contributed by atoms with Crippen molar-refractivity contribution in [2.45, 2.75) is 26.8 Å². The van der Waals surface area contributed by atoms with Crippen molar-refractivity contribution in [3.8, 4) is 0 Å². The zero-order valence-electron chi connectivity index (χ0n) is 14.0. The Morgan fingerprint density at radius 2 is 1.35 bits per heavy atom. The third kappa shape index (κ3) is 4.04. The van der Waals surface area contributed by atoms with E-state index in [1.54, 1.807) is 0 Å². The molecule has 0 saturated heterocycles. The second-order valence-electron chi connectivity index (χ2n) is 6.37. The number of rotatable bonds is 4. The van der Waals surface area contributed by atoms with E-state index < -0.39 is 0 Å². The van der Waals surface area contributed by atoms with Gasteiger partial charge in [0.2, 0.25) is 0 Å². The average molecular weight is 304 g/mol. The van der Waals surface area contributed by atoms with Gasteiger partial charge in [0.15, 0.2) is 0 Å². The van der Waals surface area contributed by atoms with Crippen LogP contribution in [0.25, 0.3) is 0 Å². The van der Waals surface area contributed by atoms with Crippen LogP contribution in [0.15, 0.2) is 72.3 Å². The largest absolute Gasteiger partial charge is 0.378 e. The molecule has 1 aliphatic rings. The Morgan fingerprint density at radius 3 is 1.96 bits per heavy atom. The van der Waals surface area contributed by atoms with Gasteiger partial charge in [-0.2, -0.15) is 0 Å². The molecule has 0 aliphatic heterocycles. The third-order valence-corrected chi connectivity index (χ3v) is 4.22. The number of aryl methyl sites for hydroxylation is 1. The molecule has 0 spiro atoms. The van der Waals surface area contributed by atoms with Crippen LogP contribution in [0.1, 0.15) is 19.4 Å². The first kappa shape index (κ1) is 15.4. The molecule has 2 atom stereocenters. The van der Waals surface area contributed by atoms with E-state index in [4.69, 9.17) is 0 Å². The van der Waals surface area contributed by atoms with Crippen molar-refractivity contribution in [2.24, 2.45) is 5.92 Å². The van der Waals surface area contributed by atoms with Crippen LogP contribution < -0.4 is 10.6 Å². The first-order valence-electron chi connectivity index (χ1n) is 8.17. The highest BCUT2D eigenvalue weighted by Gasteiger charge is 2.15. The maximum absolute atomic E-state index is 3.59. The SMILES string of the molecule is CC1=CC(C)C(Nc2ccc(Nc3ccc(C)cc3)cc2)C=C1. The van der Waals surface area contributed by atoms with Gasteiger partial charge in [-0.1, -0.05) is 48.4 Å². The number of hydrogen-bond acceptors (Lipinski definition) is 2. The predicted octanol–water partition coefficient (Wildman–Crippen LogP) is 5.67. The number of nitrogens with one attached hydrogen (secondary N) is 2. The van der Waals surface area contributed by atoms with Crippen molar-refractivity contribution in [3.63, 3.8) is 0 Å². The molecule has 0 amide bonds. The highest BCUT2D eigenvalue weighted by atomic mass is 14.9. The molecule has 0 fully saturated rings. The summed E-state index contributed by atoms with van der Waals surface area (Å²) in [5, 5.41) is 7.02. The molecule has 0 bridgehead atoms. The molecule has 1 aliphatic carbocycles. The Kier molecular flexibility index (Phi) is 4.52. The molecule has 2 nitrogen and oxygen atoms in total. The normalized spacial score (nSPS) is 20.0. The van der Waals surface area contributed by atoms with Gasteiger partial charge in [-0.15, -0.1) is 0 Å². The van der Waals surface area contributed by atoms with E-state index in [-0.39, 0.29) is 0 Å². The van der Waals surface area contributed by atoms with Crippen LogP contribution in [0.3, 0.4) is 0 Å². The van der Waals surface area contributed by atoms with Crippen molar-refractivity contribution in [1.82, 2.24) is 0 Å². The minimum atomic E-state index is 0.356. The Balaban J connectivity index is 1.63. The summed E-state index contributed by atoms with van der Waals surface area (Å²) < 4.78 is 0. The van der Waals surface area contributed by atoms with E-state index >= 15 is 0 Å². The maximum Gasteiger partial charge on any atom is 0.0507 e. The molecule has 118 valence electrons. The fourth-order valence-corrected chi connectivity index (χ4v) is 2.83. The predicted molar refractivity (Wildman–Crippen MR) is 100 cm³/mol. The Bertz CT molecular complexity index is 709. The summed E-state index contributed by atoms with van der Waals surface area (Å²) in [6, 6.07) is 17.3. The zero-order chi connectivity index (χ0) is 16.2. The van der Waals surface area contributed by atoms with E-state index in [9.17, 15) is 0 Å². The molecule has 0 aromatic heterocycles. The number of hydrogen-bond donors (Lipinski definition) is 2. The molecule has 23 heavy (non-hydrogen) atoms. The minimum absolute atomic E-state index is 0.356. The van der Waals surface area contributed by atoms with Crippen molar-refractivity contribution >= 4 is 17.1 Å². The van der Waals surface area contributed by atoms with Gasteiger partial charge < -0.3 is 10.6 Å². The van der Waals surface area contributed by atoms with Crippen LogP contribution >= 0.6 is 0 Å². The van der Waals surface area contributed by atoms with Gasteiger partial charge in [0, 0.05) is 17.1 Å². The standard InChI is InChI=1S/C21H24N2/c1-15-4-7-18(8-5-15)22-19-9-11-20(12-10-19)23-21-13-6-16(2)14-17(21)3/h4-14,17,21-23H,1-3H3. The second kappa shape index (κ2) is 6.74. The molecular formula is C21H24N2. The molecule has 2 N–H and O–H groups in total. The lowest BCUT2D eigenvalue weighted by atomic mass is 9.93. The van der Waals surface area contributed by atoms with Crippen LogP contribution in [-0.4, -0.2) is 6.04 Å². The fraction of sp³-hybridized carbons (Fsp3) is 0.238. The van der Waals surface area contributed by atoms with Gasteiger partial charge in [-0.05, 0) is 56.2 Å². The summed E-state index contributed by atoms with van der Waals surface area (Å²) in [7, 11) is 0. The van der Waals surface area contributed by atoms with Crippen molar-refractivity contribution in [3.05, 3.63) is 77.9 Å². The molecule has 2 heteroatoms. The van der Waals surface area contributed by atoms with E-state index in [2.05, 4.69) is 98.2 Å². The third-order valence-electron chi connectivity index (χ3n) is 4.22. The van der Waals surface area contributed by atoms with E-state index in [0.29, 0.717) is 12.0 Å². The van der Waals surface area contributed by atoms with Gasteiger partial charge in [0.05, 0.1) is 6.04 Å². The van der Waals surface area contributed by atoms with E-state index in [0.717, 1.165) is 17.1 Å². The molecule has 2 aromatic carbocycles. The molecule has 0 radical (unpaired) electrons. The monoisotopic (exact) mass is 304 g/mol. The number of anilines is 3. The molecule has 2 unspecified atom stereocenters. The summed E-state index contributed by atoms with van der Waals surface area (Å²) in [6.45, 7) is 6.49. The smallest absolute Gasteiger partial charge is 0.0507 e. The summed E-state index contributed by atoms with van der Waals surface area (Å²) in [5.41, 5.74) is 5.97. The molecule has 2 aromatic rings. The van der Waals surface area contributed by atoms with Crippen LogP contribution in [0.2, 0.25) is 0 Å². The van der Waals surface area contributed by atoms with Crippen molar-refractivity contribution in [1.29, 1.82) is 0 Å². The average Bonchev–Trinajstić information content (AvgIpc) is 2.54. The molecule has 0 saturated carbocycles. The van der Waals surface area contributed by atoms with Crippen LogP contribution in [-0.2, 0) is 0 Å². The van der Waals surface area contributed by atoms with Gasteiger partial charge in [0.1, 0.15) is 0 Å². The number of benzene rings is 2. The van der Waals surface area contributed by atoms with Crippen LogP contribution in [0, 0.1) is 12.8 Å². The molecule has 0 heterocycles. The first-order valence-corrected chi connectivity index (χ1v) is 8.17. The second-order valence-corrected chi connectivity index (χ2v) is 6.37. The lowest BCUT2D eigenvalue weighted by molar-refractivity contribution is 0.654. The lowest BCUT2D eigenvalue weighted by Gasteiger charge is -2.24. The van der Waals surface area contributed by atoms with Crippen LogP contribution in [0.5, 0.6) is 0 Å². The van der Waals surface area contributed by atoms with E-state index in [1.165, 1.54) is 11.1 Å². The summed E-state index contributed by atoms with van der Waals surface area (Å²) >= 11 is 0. The quantitative estimate of drug-likeness (QED) is 0.760. The number of allylic oxidation sites excluding steroid dienone is 2. The van der Waals surface area contributed by atoms with Gasteiger partial charge in [-0.3, -0.25) is 0 Å². The first-order chi connectivity index (χ1) is 11.1. The van der Waals surface area contributed by atoms with Crippen LogP contribution in [0.4, 0.5) is 17.1 Å². The Morgan fingerprint density at radius 1 is 0.783 bits per heavy atom. The van der Waals surface area contributed by atoms with Gasteiger partial charge >= 0.3 is 0 Å². The summed E-state index contributed by atoms with van der Waals surface area (Å²) in [6.07, 6.45) is 6.74. The maximum atomic E-state index is 3.59. The highest BCUT2D eigenvalue weighted by molar-refractivity contribution is 5.63. The minimum Gasteiger partial charge on any atom is -0.378 e. The van der Waals surface area contributed by atoms with Crippen molar-refractivity contribution in [2.75, 3.05) is 10.6 Å². The lowest BCUT2D eigenvalue weighted by Crippen LogP contribution is -2.25. The molecule has 3 rings (SSSR count). The highest BCUT2D eigenvalue weighted by Crippen LogP contribution is 2.23. The Hall–Kier alpha value is -2.48. The van der Waals surface area contributed by atoms with Crippen molar-refractivity contribution < 1.29 is 0 Å².